The Morgan fingerprint density at radius 3 is 2.79 bits per heavy atom. The van der Waals surface area contributed by atoms with Crippen molar-refractivity contribution in [1.82, 2.24) is 5.16 Å². The van der Waals surface area contributed by atoms with Gasteiger partial charge in [-0.05, 0) is 31.4 Å². The molecule has 0 spiro atoms. The molecule has 0 aliphatic heterocycles. The molecule has 19 heavy (non-hydrogen) atoms. The number of aliphatic hydroxyl groups is 1. The van der Waals surface area contributed by atoms with E-state index in [9.17, 15) is 9.50 Å². The topological polar surface area (TPSA) is 46.3 Å². The first-order valence-electron chi connectivity index (χ1n) is 6.11. The van der Waals surface area contributed by atoms with Gasteiger partial charge in [-0.3, -0.25) is 0 Å². The van der Waals surface area contributed by atoms with Crippen LogP contribution in [0, 0.1) is 6.92 Å². The van der Waals surface area contributed by atoms with Gasteiger partial charge < -0.3 is 9.63 Å². The number of halogens is 2. The second-order valence-corrected chi connectivity index (χ2v) is 5.30. The first-order valence-corrected chi connectivity index (χ1v) is 6.49. The average Bonchev–Trinajstić information content (AvgIpc) is 2.98. The number of aromatic nitrogens is 1. The summed E-state index contributed by atoms with van der Waals surface area (Å²) in [5.74, 6) is 0.143. The molecule has 1 aliphatic rings. The minimum absolute atomic E-state index is 0.143. The minimum Gasteiger partial charge on any atom is -0.391 e. The molecule has 0 amide bonds. The Labute approximate surface area is 115 Å². The fraction of sp³-hybridized carbons (Fsp3) is 0.357. The molecule has 5 heteroatoms. The van der Waals surface area contributed by atoms with E-state index in [-0.39, 0.29) is 12.4 Å². The number of hydrogen-bond donors (Lipinski definition) is 1. The van der Waals surface area contributed by atoms with E-state index >= 15 is 0 Å². The van der Waals surface area contributed by atoms with Crippen molar-refractivity contribution < 1.29 is 14.0 Å². The van der Waals surface area contributed by atoms with Gasteiger partial charge in [-0.25, -0.2) is 4.39 Å². The van der Waals surface area contributed by atoms with Gasteiger partial charge in [-0.1, -0.05) is 28.9 Å². The molecule has 3 nitrogen and oxygen atoms in total. The molecule has 0 atom stereocenters. The summed E-state index contributed by atoms with van der Waals surface area (Å²) in [6.07, 6.45) is 0.826. The molecule has 1 saturated carbocycles. The van der Waals surface area contributed by atoms with Crippen molar-refractivity contribution in [2.24, 2.45) is 0 Å². The zero-order valence-electron chi connectivity index (χ0n) is 10.4. The summed E-state index contributed by atoms with van der Waals surface area (Å²) in [6.45, 7) is 1.57. The Morgan fingerprint density at radius 1 is 1.47 bits per heavy atom. The van der Waals surface area contributed by atoms with Crippen LogP contribution in [0.3, 0.4) is 0 Å². The standard InChI is InChI=1S/C14H13ClFNO2/c1-8-3-2-4-10(15)11(8)12-9(7-18)13(19-17-12)14(16)5-6-14/h2-4,18H,5-7H2,1H3. The Kier molecular flexibility index (Phi) is 2.87. The molecule has 1 aromatic heterocycles. The quantitative estimate of drug-likeness (QED) is 0.932. The molecular formula is C14H13ClFNO2. The summed E-state index contributed by atoms with van der Waals surface area (Å²) in [5.41, 5.74) is 0.970. The Hall–Kier alpha value is -1.39. The van der Waals surface area contributed by atoms with Crippen LogP contribution < -0.4 is 0 Å². The summed E-state index contributed by atoms with van der Waals surface area (Å²) in [4.78, 5) is 0. The maximum atomic E-state index is 14.1. The van der Waals surface area contributed by atoms with Gasteiger partial charge in [-0.15, -0.1) is 0 Å². The number of hydrogen-bond acceptors (Lipinski definition) is 3. The van der Waals surface area contributed by atoms with Gasteiger partial charge in [-0.2, -0.15) is 0 Å². The molecule has 1 N–H and O–H groups in total. The molecule has 1 fully saturated rings. The van der Waals surface area contributed by atoms with Gasteiger partial charge in [0.25, 0.3) is 0 Å². The maximum Gasteiger partial charge on any atom is 0.180 e. The van der Waals surface area contributed by atoms with Gasteiger partial charge >= 0.3 is 0 Å². The van der Waals surface area contributed by atoms with Crippen LogP contribution in [0.4, 0.5) is 4.39 Å². The molecule has 3 rings (SSSR count). The number of aliphatic hydroxyl groups excluding tert-OH is 1. The zero-order valence-corrected chi connectivity index (χ0v) is 11.2. The van der Waals surface area contributed by atoms with Crippen molar-refractivity contribution in [3.63, 3.8) is 0 Å². The average molecular weight is 282 g/mol. The molecule has 0 bridgehead atoms. The summed E-state index contributed by atoms with van der Waals surface area (Å²) < 4.78 is 19.3. The van der Waals surface area contributed by atoms with E-state index in [4.69, 9.17) is 16.1 Å². The fourth-order valence-corrected chi connectivity index (χ4v) is 2.58. The molecule has 1 heterocycles. The fourth-order valence-electron chi connectivity index (χ4n) is 2.27. The first-order chi connectivity index (χ1) is 9.07. The highest BCUT2D eigenvalue weighted by Gasteiger charge is 2.50. The molecule has 1 aromatic carbocycles. The molecule has 0 radical (unpaired) electrons. The van der Waals surface area contributed by atoms with Gasteiger partial charge in [0, 0.05) is 5.56 Å². The van der Waals surface area contributed by atoms with Gasteiger partial charge in [0.1, 0.15) is 5.69 Å². The Morgan fingerprint density at radius 2 is 2.21 bits per heavy atom. The lowest BCUT2D eigenvalue weighted by atomic mass is 10.0. The van der Waals surface area contributed by atoms with Crippen molar-refractivity contribution in [2.45, 2.75) is 32.0 Å². The number of aryl methyl sites for hydroxylation is 1. The second-order valence-electron chi connectivity index (χ2n) is 4.89. The van der Waals surface area contributed by atoms with Crippen molar-refractivity contribution >= 4 is 11.6 Å². The lowest BCUT2D eigenvalue weighted by Crippen LogP contribution is -2.01. The molecule has 1 aliphatic carbocycles. The zero-order chi connectivity index (χ0) is 13.6. The van der Waals surface area contributed by atoms with E-state index in [1.54, 1.807) is 6.07 Å². The molecular weight excluding hydrogens is 269 g/mol. The monoisotopic (exact) mass is 281 g/mol. The van der Waals surface area contributed by atoms with Crippen LogP contribution in [0.5, 0.6) is 0 Å². The van der Waals surface area contributed by atoms with Crippen LogP contribution >= 0.6 is 11.6 Å². The Bertz CT molecular complexity index is 614. The number of rotatable bonds is 3. The predicted octanol–water partition coefficient (Wildman–Crippen LogP) is 3.75. The van der Waals surface area contributed by atoms with Crippen LogP contribution in [0.15, 0.2) is 22.7 Å². The lowest BCUT2D eigenvalue weighted by molar-refractivity contribution is 0.220. The van der Waals surface area contributed by atoms with E-state index < -0.39 is 5.67 Å². The predicted molar refractivity (Wildman–Crippen MR) is 69.6 cm³/mol. The summed E-state index contributed by atoms with van der Waals surface area (Å²) >= 11 is 6.18. The van der Waals surface area contributed by atoms with Crippen molar-refractivity contribution in [1.29, 1.82) is 0 Å². The van der Waals surface area contributed by atoms with Crippen LogP contribution in [0.25, 0.3) is 11.3 Å². The van der Waals surface area contributed by atoms with Crippen molar-refractivity contribution in [3.05, 3.63) is 40.1 Å². The third-order valence-corrected chi connectivity index (χ3v) is 3.82. The van der Waals surface area contributed by atoms with E-state index in [1.165, 1.54) is 0 Å². The van der Waals surface area contributed by atoms with Crippen LogP contribution in [-0.2, 0) is 12.3 Å². The minimum atomic E-state index is -1.46. The van der Waals surface area contributed by atoms with Crippen molar-refractivity contribution in [2.75, 3.05) is 0 Å². The van der Waals surface area contributed by atoms with Gasteiger partial charge in [0.05, 0.1) is 17.2 Å². The van der Waals surface area contributed by atoms with Crippen LogP contribution in [0.2, 0.25) is 5.02 Å². The third kappa shape index (κ3) is 1.95. The molecule has 0 unspecified atom stereocenters. The summed E-state index contributed by atoms with van der Waals surface area (Å²) in [7, 11) is 0. The van der Waals surface area contributed by atoms with Gasteiger partial charge in [0.2, 0.25) is 0 Å². The number of nitrogens with zero attached hydrogens (tertiary/aromatic N) is 1. The van der Waals surface area contributed by atoms with Gasteiger partial charge in [0.15, 0.2) is 11.4 Å². The largest absolute Gasteiger partial charge is 0.391 e. The highest BCUT2D eigenvalue weighted by Crippen LogP contribution is 2.52. The van der Waals surface area contributed by atoms with Crippen LogP contribution in [-0.4, -0.2) is 10.3 Å². The van der Waals surface area contributed by atoms with E-state index in [2.05, 4.69) is 5.16 Å². The maximum absolute atomic E-state index is 14.1. The molecule has 2 aromatic rings. The highest BCUT2D eigenvalue weighted by atomic mass is 35.5. The third-order valence-electron chi connectivity index (χ3n) is 3.50. The van der Waals surface area contributed by atoms with E-state index in [0.717, 1.165) is 5.56 Å². The first kappa shape index (κ1) is 12.6. The van der Waals surface area contributed by atoms with Crippen molar-refractivity contribution in [3.8, 4) is 11.3 Å². The smallest absolute Gasteiger partial charge is 0.180 e. The highest BCUT2D eigenvalue weighted by molar-refractivity contribution is 6.33. The summed E-state index contributed by atoms with van der Waals surface area (Å²) in [6, 6.07) is 5.46. The summed E-state index contributed by atoms with van der Waals surface area (Å²) in [5, 5.41) is 14.0. The Balaban J connectivity index is 2.18. The number of benzene rings is 1. The molecule has 0 saturated heterocycles. The SMILES string of the molecule is Cc1cccc(Cl)c1-c1noc(C2(F)CC2)c1CO. The normalized spacial score (nSPS) is 16.6. The number of alkyl halides is 1. The second kappa shape index (κ2) is 4.32. The lowest BCUT2D eigenvalue weighted by Gasteiger charge is -2.07. The van der Waals surface area contributed by atoms with E-state index in [0.29, 0.717) is 34.7 Å². The van der Waals surface area contributed by atoms with E-state index in [1.807, 2.05) is 19.1 Å². The molecule has 100 valence electrons. The van der Waals surface area contributed by atoms with Crippen LogP contribution in [0.1, 0.15) is 29.7 Å².